The summed E-state index contributed by atoms with van der Waals surface area (Å²) in [4.78, 5) is 6.83. The summed E-state index contributed by atoms with van der Waals surface area (Å²) >= 11 is 3.36. The summed E-state index contributed by atoms with van der Waals surface area (Å²) < 4.78 is 1.02. The quantitative estimate of drug-likeness (QED) is 0.395. The van der Waals surface area contributed by atoms with Gasteiger partial charge in [-0.15, -0.1) is 0 Å². The minimum atomic E-state index is 0.910. The third kappa shape index (κ3) is 5.19. The number of thioether (sulfide) groups is 2. The molecule has 3 rings (SSSR count). The van der Waals surface area contributed by atoms with Gasteiger partial charge in [-0.05, 0) is 36.4 Å². The maximum Gasteiger partial charge on any atom is 0.112 e. The molecule has 0 fully saturated rings. The van der Waals surface area contributed by atoms with Crippen LogP contribution < -0.4 is 0 Å². The SMILES string of the molecule is C(=Nc1ccccc1)=C(Sc1ccccc1)Sc1ccccc1. The number of hydrogen-bond donors (Lipinski definition) is 0. The standard InChI is InChI=1S/C20H15NS2/c1-4-10-17(11-5-1)21-16-20(22-18-12-6-2-7-13-18)23-19-14-8-3-9-15-19/h1-15H. The normalized spacial score (nSPS) is 9.91. The van der Waals surface area contributed by atoms with Gasteiger partial charge in [0.15, 0.2) is 0 Å². The van der Waals surface area contributed by atoms with Crippen molar-refractivity contribution in [1.82, 2.24) is 0 Å². The van der Waals surface area contributed by atoms with Gasteiger partial charge < -0.3 is 0 Å². The third-order valence-corrected chi connectivity index (χ3v) is 5.01. The molecule has 0 bridgehead atoms. The van der Waals surface area contributed by atoms with Gasteiger partial charge in [0.1, 0.15) is 4.24 Å². The zero-order chi connectivity index (χ0) is 15.7. The van der Waals surface area contributed by atoms with Gasteiger partial charge in [-0.2, -0.15) is 0 Å². The maximum atomic E-state index is 4.47. The molecular formula is C20H15NS2. The summed E-state index contributed by atoms with van der Waals surface area (Å²) in [5.74, 6) is 3.20. The molecule has 3 heteroatoms. The Labute approximate surface area is 145 Å². The first-order valence-electron chi connectivity index (χ1n) is 7.25. The van der Waals surface area contributed by atoms with Gasteiger partial charge in [0.2, 0.25) is 0 Å². The zero-order valence-corrected chi connectivity index (χ0v) is 14.1. The molecule has 0 atom stereocenters. The van der Waals surface area contributed by atoms with Crippen molar-refractivity contribution in [3.8, 4) is 0 Å². The Morgan fingerprint density at radius 2 is 1.04 bits per heavy atom. The fraction of sp³-hybridized carbons (Fsp3) is 0. The third-order valence-electron chi connectivity index (χ3n) is 2.94. The molecule has 0 aliphatic heterocycles. The molecule has 3 aromatic carbocycles. The van der Waals surface area contributed by atoms with E-state index >= 15 is 0 Å². The molecule has 0 radical (unpaired) electrons. The van der Waals surface area contributed by atoms with Gasteiger partial charge >= 0.3 is 0 Å². The first kappa shape index (κ1) is 15.7. The Morgan fingerprint density at radius 1 is 0.609 bits per heavy atom. The lowest BCUT2D eigenvalue weighted by atomic mass is 10.3. The lowest BCUT2D eigenvalue weighted by Gasteiger charge is -2.04. The predicted molar refractivity (Wildman–Crippen MR) is 102 cm³/mol. The van der Waals surface area contributed by atoms with E-state index in [1.807, 2.05) is 66.7 Å². The van der Waals surface area contributed by atoms with Crippen LogP contribution in [0, 0.1) is 0 Å². The van der Waals surface area contributed by atoms with E-state index < -0.39 is 0 Å². The topological polar surface area (TPSA) is 12.4 Å². The second-order valence-corrected chi connectivity index (χ2v) is 7.10. The Hall–Kier alpha value is -2.19. The number of aliphatic imine (C=N–C) groups is 1. The lowest BCUT2D eigenvalue weighted by Crippen LogP contribution is -1.76. The first-order valence-corrected chi connectivity index (χ1v) is 8.88. The van der Waals surface area contributed by atoms with Gasteiger partial charge in [0, 0.05) is 15.7 Å². The fourth-order valence-electron chi connectivity index (χ4n) is 1.87. The molecular weight excluding hydrogens is 318 g/mol. The molecule has 0 aliphatic carbocycles. The van der Waals surface area contributed by atoms with Crippen LogP contribution in [-0.4, -0.2) is 5.87 Å². The lowest BCUT2D eigenvalue weighted by molar-refractivity contribution is 1.47. The molecule has 0 N–H and O–H groups in total. The van der Waals surface area contributed by atoms with Crippen LogP contribution in [0.1, 0.15) is 0 Å². The van der Waals surface area contributed by atoms with Crippen LogP contribution in [0.15, 0.2) is 110 Å². The summed E-state index contributed by atoms with van der Waals surface area (Å²) in [6, 6.07) is 30.5. The van der Waals surface area contributed by atoms with Crippen LogP contribution in [0.2, 0.25) is 0 Å². The Morgan fingerprint density at radius 3 is 1.52 bits per heavy atom. The van der Waals surface area contributed by atoms with E-state index in [9.17, 15) is 0 Å². The summed E-state index contributed by atoms with van der Waals surface area (Å²) in [6.45, 7) is 0. The van der Waals surface area contributed by atoms with Crippen molar-refractivity contribution in [1.29, 1.82) is 0 Å². The highest BCUT2D eigenvalue weighted by Crippen LogP contribution is 2.37. The highest BCUT2D eigenvalue weighted by molar-refractivity contribution is 8.22. The zero-order valence-electron chi connectivity index (χ0n) is 12.4. The number of rotatable bonds is 5. The van der Waals surface area contributed by atoms with Crippen molar-refractivity contribution in [2.45, 2.75) is 9.79 Å². The van der Waals surface area contributed by atoms with Crippen LogP contribution in [0.5, 0.6) is 0 Å². The van der Waals surface area contributed by atoms with Crippen molar-refractivity contribution in [2.75, 3.05) is 0 Å². The predicted octanol–water partition coefficient (Wildman–Crippen LogP) is 6.41. The molecule has 3 aromatic rings. The second-order valence-electron chi connectivity index (χ2n) is 4.68. The summed E-state index contributed by atoms with van der Waals surface area (Å²) in [7, 11) is 0. The smallest absolute Gasteiger partial charge is 0.112 e. The van der Waals surface area contributed by atoms with Crippen LogP contribution in [-0.2, 0) is 0 Å². The number of hydrogen-bond acceptors (Lipinski definition) is 3. The van der Waals surface area contributed by atoms with Gasteiger partial charge in [-0.3, -0.25) is 0 Å². The van der Waals surface area contributed by atoms with Crippen molar-refractivity contribution < 1.29 is 0 Å². The van der Waals surface area contributed by atoms with E-state index in [1.54, 1.807) is 23.5 Å². The number of para-hydroxylation sites is 1. The monoisotopic (exact) mass is 333 g/mol. The molecule has 0 amide bonds. The fourth-order valence-corrected chi connectivity index (χ4v) is 3.81. The average Bonchev–Trinajstić information content (AvgIpc) is 2.62. The minimum Gasteiger partial charge on any atom is -0.205 e. The molecule has 0 heterocycles. The largest absolute Gasteiger partial charge is 0.205 e. The average molecular weight is 333 g/mol. The van der Waals surface area contributed by atoms with E-state index in [-0.39, 0.29) is 0 Å². The van der Waals surface area contributed by atoms with Crippen LogP contribution >= 0.6 is 23.5 Å². The molecule has 0 spiro atoms. The number of benzene rings is 3. The van der Waals surface area contributed by atoms with E-state index in [0.29, 0.717) is 0 Å². The van der Waals surface area contributed by atoms with E-state index in [1.165, 1.54) is 9.79 Å². The van der Waals surface area contributed by atoms with Gasteiger partial charge in [0.25, 0.3) is 0 Å². The molecule has 0 saturated heterocycles. The van der Waals surface area contributed by atoms with E-state index in [2.05, 4.69) is 35.1 Å². The minimum absolute atomic E-state index is 0.910. The van der Waals surface area contributed by atoms with Crippen molar-refractivity contribution in [3.05, 3.63) is 95.2 Å². The first-order chi connectivity index (χ1) is 11.4. The number of nitrogens with zero attached hydrogens (tertiary/aromatic N) is 1. The molecule has 0 aliphatic rings. The van der Waals surface area contributed by atoms with Crippen LogP contribution in [0.25, 0.3) is 0 Å². The van der Waals surface area contributed by atoms with Crippen molar-refractivity contribution in [3.63, 3.8) is 0 Å². The summed E-state index contributed by atoms with van der Waals surface area (Å²) in [6.07, 6.45) is 0. The summed E-state index contributed by atoms with van der Waals surface area (Å²) in [5.41, 5.74) is 0.910. The molecule has 0 aromatic heterocycles. The van der Waals surface area contributed by atoms with Crippen molar-refractivity contribution in [2.24, 2.45) is 4.99 Å². The maximum absolute atomic E-state index is 4.47. The molecule has 0 saturated carbocycles. The Bertz CT molecular complexity index is 749. The molecule has 112 valence electrons. The van der Waals surface area contributed by atoms with Crippen molar-refractivity contribution >= 4 is 35.1 Å². The summed E-state index contributed by atoms with van der Waals surface area (Å²) in [5, 5.41) is 0. The highest BCUT2D eigenvalue weighted by Gasteiger charge is 2.03. The molecule has 0 unspecified atom stereocenters. The van der Waals surface area contributed by atoms with Crippen LogP contribution in [0.3, 0.4) is 0 Å². The highest BCUT2D eigenvalue weighted by atomic mass is 32.2. The Kier molecular flexibility index (Phi) is 5.76. The van der Waals surface area contributed by atoms with E-state index in [4.69, 9.17) is 0 Å². The molecule has 1 nitrogen and oxygen atoms in total. The molecule has 23 heavy (non-hydrogen) atoms. The second kappa shape index (κ2) is 8.44. The van der Waals surface area contributed by atoms with E-state index in [0.717, 1.165) is 9.92 Å². The van der Waals surface area contributed by atoms with Gasteiger partial charge in [0.05, 0.1) is 5.69 Å². The Balaban J connectivity index is 1.88. The van der Waals surface area contributed by atoms with Gasteiger partial charge in [-0.1, -0.05) is 78.1 Å². The van der Waals surface area contributed by atoms with Gasteiger partial charge in [-0.25, -0.2) is 4.99 Å². The van der Waals surface area contributed by atoms with Crippen LogP contribution in [0.4, 0.5) is 5.69 Å².